The molecule has 0 amide bonds. The highest BCUT2D eigenvalue weighted by Crippen LogP contribution is 2.29. The molecule has 2 aromatic heterocycles. The Labute approximate surface area is 190 Å². The normalized spacial score (nSPS) is 18.0. The molecule has 3 aromatic rings. The molecular formula is C20H24ClN5O3S2. The highest BCUT2D eigenvalue weighted by molar-refractivity contribution is 7.86. The average molecular weight is 482 g/mol. The molecule has 4 rings (SSSR count). The van der Waals surface area contributed by atoms with E-state index in [1.807, 2.05) is 35.7 Å². The molecule has 0 radical (unpaired) electrons. The number of rotatable bonds is 6. The summed E-state index contributed by atoms with van der Waals surface area (Å²) >= 11 is 7.74. The molecule has 31 heavy (non-hydrogen) atoms. The van der Waals surface area contributed by atoms with Gasteiger partial charge < -0.3 is 0 Å². The molecule has 1 saturated heterocycles. The number of thiophene rings is 1. The number of piperidine rings is 1. The lowest BCUT2D eigenvalue weighted by Gasteiger charge is -2.32. The Morgan fingerprint density at radius 3 is 2.68 bits per heavy atom. The first kappa shape index (κ1) is 22.2. The van der Waals surface area contributed by atoms with Gasteiger partial charge in [0.25, 0.3) is 10.2 Å². The second kappa shape index (κ2) is 8.87. The summed E-state index contributed by atoms with van der Waals surface area (Å²) in [4.78, 5) is 13.3. The van der Waals surface area contributed by atoms with Crippen LogP contribution in [0.4, 0.5) is 0 Å². The fraction of sp³-hybridized carbons (Fsp3) is 0.400. The fourth-order valence-electron chi connectivity index (χ4n) is 3.78. The molecule has 1 aliphatic rings. The Kier molecular flexibility index (Phi) is 6.36. The molecular weight excluding hydrogens is 458 g/mol. The lowest BCUT2D eigenvalue weighted by Crippen LogP contribution is -2.45. The van der Waals surface area contributed by atoms with Crippen molar-refractivity contribution in [3.63, 3.8) is 0 Å². The van der Waals surface area contributed by atoms with Gasteiger partial charge in [0.05, 0.1) is 6.54 Å². The Bertz CT molecular complexity index is 1220. The predicted octanol–water partition coefficient (Wildman–Crippen LogP) is 2.78. The van der Waals surface area contributed by atoms with Crippen molar-refractivity contribution in [2.45, 2.75) is 25.3 Å². The summed E-state index contributed by atoms with van der Waals surface area (Å²) in [6, 6.07) is 11.1. The first-order chi connectivity index (χ1) is 14.8. The fourth-order valence-corrected chi connectivity index (χ4v) is 5.89. The number of nitrogens with zero attached hydrogens (tertiary/aromatic N) is 5. The van der Waals surface area contributed by atoms with Crippen LogP contribution in [0.2, 0.25) is 5.02 Å². The Morgan fingerprint density at radius 2 is 2.00 bits per heavy atom. The molecule has 3 heterocycles. The van der Waals surface area contributed by atoms with Crippen LogP contribution in [0.3, 0.4) is 0 Å². The maximum absolute atomic E-state index is 13.3. The zero-order valence-electron chi connectivity index (χ0n) is 17.3. The molecule has 1 fully saturated rings. The third-order valence-corrected chi connectivity index (χ3v) is 8.54. The standard InChI is InChI=1S/C20H24ClN5O3S2/c1-23(2)31(28,29)24-11-5-8-16(13-24)19-22-25(14-15-7-3-4-9-17(15)21)20(27)26(19)18-10-6-12-30-18/h3-4,6-7,9-10,12,16H,5,8,11,13-14H2,1-2H3. The van der Waals surface area contributed by atoms with Gasteiger partial charge in [-0.05, 0) is 42.0 Å². The van der Waals surface area contributed by atoms with Gasteiger partial charge in [0.2, 0.25) is 0 Å². The minimum atomic E-state index is -3.54. The Morgan fingerprint density at radius 1 is 1.23 bits per heavy atom. The molecule has 0 aliphatic carbocycles. The lowest BCUT2D eigenvalue weighted by atomic mass is 9.99. The third kappa shape index (κ3) is 4.35. The van der Waals surface area contributed by atoms with Gasteiger partial charge in [-0.15, -0.1) is 11.3 Å². The molecule has 0 bridgehead atoms. The third-order valence-electron chi connectivity index (χ3n) is 5.41. The second-order valence-electron chi connectivity index (χ2n) is 7.66. The van der Waals surface area contributed by atoms with Gasteiger partial charge in [-0.25, -0.2) is 14.0 Å². The summed E-state index contributed by atoms with van der Waals surface area (Å²) in [6.07, 6.45) is 1.46. The highest BCUT2D eigenvalue weighted by atomic mass is 35.5. The van der Waals surface area contributed by atoms with Crippen LogP contribution >= 0.6 is 22.9 Å². The van der Waals surface area contributed by atoms with E-state index in [4.69, 9.17) is 11.6 Å². The largest absolute Gasteiger partial charge is 0.351 e. The van der Waals surface area contributed by atoms with E-state index in [2.05, 4.69) is 5.10 Å². The maximum Gasteiger partial charge on any atom is 0.351 e. The van der Waals surface area contributed by atoms with Crippen LogP contribution in [0.5, 0.6) is 0 Å². The molecule has 1 aromatic carbocycles. The number of hydrogen-bond acceptors (Lipinski definition) is 5. The first-order valence-electron chi connectivity index (χ1n) is 9.93. The van der Waals surface area contributed by atoms with Gasteiger partial charge in [0.15, 0.2) is 0 Å². The van der Waals surface area contributed by atoms with E-state index >= 15 is 0 Å². The van der Waals surface area contributed by atoms with Crippen molar-refractivity contribution in [1.29, 1.82) is 0 Å². The van der Waals surface area contributed by atoms with Crippen molar-refractivity contribution in [1.82, 2.24) is 23.0 Å². The Balaban J connectivity index is 1.75. The van der Waals surface area contributed by atoms with E-state index < -0.39 is 10.2 Å². The second-order valence-corrected chi connectivity index (χ2v) is 11.1. The van der Waals surface area contributed by atoms with Crippen molar-refractivity contribution in [3.05, 3.63) is 68.7 Å². The molecule has 8 nitrogen and oxygen atoms in total. The van der Waals surface area contributed by atoms with E-state index in [0.29, 0.717) is 23.8 Å². The van der Waals surface area contributed by atoms with Crippen LogP contribution in [0.25, 0.3) is 5.00 Å². The van der Waals surface area contributed by atoms with Gasteiger partial charge in [-0.3, -0.25) is 0 Å². The first-order valence-corrected chi connectivity index (χ1v) is 12.6. The quantitative estimate of drug-likeness (QED) is 0.542. The van der Waals surface area contributed by atoms with Gasteiger partial charge >= 0.3 is 5.69 Å². The molecule has 0 saturated carbocycles. The monoisotopic (exact) mass is 481 g/mol. The van der Waals surface area contributed by atoms with Crippen LogP contribution in [0.15, 0.2) is 46.6 Å². The van der Waals surface area contributed by atoms with Gasteiger partial charge in [0.1, 0.15) is 10.8 Å². The van der Waals surface area contributed by atoms with Crippen LogP contribution in [-0.2, 0) is 16.8 Å². The van der Waals surface area contributed by atoms with Crippen LogP contribution < -0.4 is 5.69 Å². The van der Waals surface area contributed by atoms with Crippen LogP contribution in [0.1, 0.15) is 30.1 Å². The van der Waals surface area contributed by atoms with Crippen LogP contribution in [0, 0.1) is 0 Å². The van der Waals surface area contributed by atoms with Gasteiger partial charge in [0, 0.05) is 38.1 Å². The van der Waals surface area contributed by atoms with Gasteiger partial charge in [-0.1, -0.05) is 29.8 Å². The number of halogens is 1. The van der Waals surface area contributed by atoms with Crippen LogP contribution in [-0.4, -0.2) is 58.6 Å². The average Bonchev–Trinajstić information content (AvgIpc) is 3.38. The number of benzene rings is 1. The zero-order valence-corrected chi connectivity index (χ0v) is 19.7. The molecule has 166 valence electrons. The topological polar surface area (TPSA) is 80.4 Å². The summed E-state index contributed by atoms with van der Waals surface area (Å²) in [5.41, 5.74) is 0.541. The highest BCUT2D eigenvalue weighted by Gasteiger charge is 2.34. The molecule has 1 unspecified atom stereocenters. The van der Waals surface area contributed by atoms with Crippen molar-refractivity contribution in [2.24, 2.45) is 0 Å². The molecule has 1 atom stereocenters. The SMILES string of the molecule is CN(C)S(=O)(=O)N1CCCC(c2nn(Cc3ccccc3Cl)c(=O)n2-c2cccs2)C1. The summed E-state index contributed by atoms with van der Waals surface area (Å²) in [5, 5.41) is 7.90. The molecule has 1 aliphatic heterocycles. The zero-order chi connectivity index (χ0) is 22.2. The summed E-state index contributed by atoms with van der Waals surface area (Å²) in [6.45, 7) is 0.991. The Hall–Kier alpha value is -1.98. The van der Waals surface area contributed by atoms with Crippen molar-refractivity contribution in [3.8, 4) is 5.00 Å². The minimum Gasteiger partial charge on any atom is -0.246 e. The molecule has 0 N–H and O–H groups in total. The van der Waals surface area contributed by atoms with Crippen molar-refractivity contribution in [2.75, 3.05) is 27.2 Å². The number of aromatic nitrogens is 3. The molecule has 0 spiro atoms. The summed E-state index contributed by atoms with van der Waals surface area (Å²) in [5.74, 6) is 0.393. The van der Waals surface area contributed by atoms with E-state index in [-0.39, 0.29) is 24.7 Å². The smallest absolute Gasteiger partial charge is 0.246 e. The predicted molar refractivity (Wildman–Crippen MR) is 122 cm³/mol. The minimum absolute atomic E-state index is 0.189. The number of hydrogen-bond donors (Lipinski definition) is 0. The summed E-state index contributed by atoms with van der Waals surface area (Å²) < 4.78 is 31.1. The van der Waals surface area contributed by atoms with E-state index in [1.165, 1.54) is 38.7 Å². The van der Waals surface area contributed by atoms with Gasteiger partial charge in [-0.2, -0.15) is 22.1 Å². The van der Waals surface area contributed by atoms with Crippen molar-refractivity contribution >= 4 is 33.1 Å². The van der Waals surface area contributed by atoms with Crippen molar-refractivity contribution < 1.29 is 8.42 Å². The van der Waals surface area contributed by atoms with E-state index in [0.717, 1.165) is 17.0 Å². The maximum atomic E-state index is 13.3. The van der Waals surface area contributed by atoms with E-state index in [9.17, 15) is 13.2 Å². The molecule has 11 heteroatoms. The summed E-state index contributed by atoms with van der Waals surface area (Å²) in [7, 11) is -0.482. The van der Waals surface area contributed by atoms with E-state index in [1.54, 1.807) is 10.6 Å². The lowest BCUT2D eigenvalue weighted by molar-refractivity contribution is 0.291.